The van der Waals surface area contributed by atoms with Gasteiger partial charge < -0.3 is 15.4 Å². The van der Waals surface area contributed by atoms with Gasteiger partial charge in [0.2, 0.25) is 0 Å². The van der Waals surface area contributed by atoms with Crippen LogP contribution in [0.1, 0.15) is 11.1 Å². The molecule has 21 heavy (non-hydrogen) atoms. The molecule has 0 atom stereocenters. The number of ether oxygens (including phenoxy) is 1. The monoisotopic (exact) mass is 304 g/mol. The van der Waals surface area contributed by atoms with E-state index in [4.69, 9.17) is 16.3 Å². The number of aryl methyl sites for hydroxylation is 2. The SMILES string of the molecule is CNC(=O)Nc1cc(C)c(Oc2ccc(Cl)cc2)c(C)c1. The van der Waals surface area contributed by atoms with Crippen LogP contribution in [0.25, 0.3) is 0 Å². The second-order valence-electron chi connectivity index (χ2n) is 4.70. The third-order valence-corrected chi connectivity index (χ3v) is 3.23. The molecule has 2 rings (SSSR count). The third-order valence-electron chi connectivity index (χ3n) is 2.98. The lowest BCUT2D eigenvalue weighted by molar-refractivity contribution is 0.254. The highest BCUT2D eigenvalue weighted by Crippen LogP contribution is 2.31. The minimum Gasteiger partial charge on any atom is -0.457 e. The molecule has 2 aromatic carbocycles. The summed E-state index contributed by atoms with van der Waals surface area (Å²) in [7, 11) is 1.58. The minimum atomic E-state index is -0.250. The first-order chi connectivity index (χ1) is 9.99. The highest BCUT2D eigenvalue weighted by atomic mass is 35.5. The van der Waals surface area contributed by atoms with Crippen molar-refractivity contribution in [3.05, 3.63) is 52.5 Å². The lowest BCUT2D eigenvalue weighted by atomic mass is 10.1. The quantitative estimate of drug-likeness (QED) is 0.877. The van der Waals surface area contributed by atoms with E-state index in [1.165, 1.54) is 0 Å². The summed E-state index contributed by atoms with van der Waals surface area (Å²) >= 11 is 5.86. The molecule has 5 heteroatoms. The van der Waals surface area contributed by atoms with Crippen LogP contribution in [0.3, 0.4) is 0 Å². The van der Waals surface area contributed by atoms with Gasteiger partial charge in [0.25, 0.3) is 0 Å². The van der Waals surface area contributed by atoms with Gasteiger partial charge in [0.15, 0.2) is 0 Å². The molecule has 0 aliphatic carbocycles. The van der Waals surface area contributed by atoms with Crippen LogP contribution in [0.2, 0.25) is 5.02 Å². The number of urea groups is 1. The Labute approximate surface area is 129 Å². The Morgan fingerprint density at radius 2 is 1.67 bits per heavy atom. The molecule has 110 valence electrons. The molecular formula is C16H17ClN2O2. The fourth-order valence-corrected chi connectivity index (χ4v) is 2.12. The number of benzene rings is 2. The van der Waals surface area contributed by atoms with Gasteiger partial charge in [-0.3, -0.25) is 0 Å². The number of hydrogen-bond donors (Lipinski definition) is 2. The normalized spacial score (nSPS) is 10.1. The molecule has 0 saturated heterocycles. The van der Waals surface area contributed by atoms with Crippen molar-refractivity contribution in [1.82, 2.24) is 5.32 Å². The third kappa shape index (κ3) is 3.89. The Hall–Kier alpha value is -2.20. The first-order valence-corrected chi connectivity index (χ1v) is 6.91. The fourth-order valence-electron chi connectivity index (χ4n) is 2.00. The molecule has 2 aromatic rings. The van der Waals surface area contributed by atoms with E-state index in [0.717, 1.165) is 28.3 Å². The summed E-state index contributed by atoms with van der Waals surface area (Å²) < 4.78 is 5.89. The maximum atomic E-state index is 11.3. The van der Waals surface area contributed by atoms with E-state index in [-0.39, 0.29) is 6.03 Å². The van der Waals surface area contributed by atoms with E-state index in [1.807, 2.05) is 38.1 Å². The molecule has 0 saturated carbocycles. The zero-order valence-corrected chi connectivity index (χ0v) is 12.9. The molecule has 0 fully saturated rings. The van der Waals surface area contributed by atoms with Crippen molar-refractivity contribution < 1.29 is 9.53 Å². The summed E-state index contributed by atoms with van der Waals surface area (Å²) in [5.41, 5.74) is 2.61. The topological polar surface area (TPSA) is 50.4 Å². The number of carbonyl (C=O) groups excluding carboxylic acids is 1. The van der Waals surface area contributed by atoms with E-state index in [1.54, 1.807) is 19.2 Å². The van der Waals surface area contributed by atoms with Gasteiger partial charge in [-0.15, -0.1) is 0 Å². The molecule has 0 unspecified atom stereocenters. The molecule has 2 amide bonds. The zero-order valence-electron chi connectivity index (χ0n) is 12.2. The average molecular weight is 305 g/mol. The molecule has 0 radical (unpaired) electrons. The van der Waals surface area contributed by atoms with E-state index < -0.39 is 0 Å². The van der Waals surface area contributed by atoms with Crippen LogP contribution in [-0.2, 0) is 0 Å². The maximum Gasteiger partial charge on any atom is 0.318 e. The highest BCUT2D eigenvalue weighted by molar-refractivity contribution is 6.30. The number of nitrogens with one attached hydrogen (secondary N) is 2. The fraction of sp³-hybridized carbons (Fsp3) is 0.188. The van der Waals surface area contributed by atoms with Gasteiger partial charge in [0.05, 0.1) is 0 Å². The van der Waals surface area contributed by atoms with Crippen LogP contribution in [0.5, 0.6) is 11.5 Å². The van der Waals surface area contributed by atoms with E-state index in [2.05, 4.69) is 10.6 Å². The van der Waals surface area contributed by atoms with Crippen molar-refractivity contribution in [3.8, 4) is 11.5 Å². The summed E-state index contributed by atoms with van der Waals surface area (Å²) in [5, 5.41) is 5.93. The Kier molecular flexibility index (Phi) is 4.70. The number of anilines is 1. The molecular weight excluding hydrogens is 288 g/mol. The first kappa shape index (κ1) is 15.2. The predicted octanol–water partition coefficient (Wildman–Crippen LogP) is 4.50. The zero-order chi connectivity index (χ0) is 15.4. The molecule has 0 aromatic heterocycles. The van der Waals surface area contributed by atoms with Crippen molar-refractivity contribution in [1.29, 1.82) is 0 Å². The van der Waals surface area contributed by atoms with Crippen molar-refractivity contribution >= 4 is 23.3 Å². The van der Waals surface area contributed by atoms with E-state index >= 15 is 0 Å². The smallest absolute Gasteiger partial charge is 0.318 e. The van der Waals surface area contributed by atoms with Crippen molar-refractivity contribution in [2.24, 2.45) is 0 Å². The van der Waals surface area contributed by atoms with Gasteiger partial charge in [-0.1, -0.05) is 11.6 Å². The Bertz CT molecular complexity index is 631. The highest BCUT2D eigenvalue weighted by Gasteiger charge is 2.09. The predicted molar refractivity (Wildman–Crippen MR) is 85.5 cm³/mol. The lowest BCUT2D eigenvalue weighted by Gasteiger charge is -2.14. The summed E-state index contributed by atoms with van der Waals surface area (Å²) in [6.45, 7) is 3.88. The Balaban J connectivity index is 2.24. The summed E-state index contributed by atoms with van der Waals surface area (Å²) in [4.78, 5) is 11.3. The average Bonchev–Trinajstić information content (AvgIpc) is 2.44. The number of halogens is 1. The second-order valence-corrected chi connectivity index (χ2v) is 5.14. The van der Waals surface area contributed by atoms with Crippen LogP contribution < -0.4 is 15.4 Å². The molecule has 0 aliphatic rings. The van der Waals surface area contributed by atoms with Crippen molar-refractivity contribution in [3.63, 3.8) is 0 Å². The van der Waals surface area contributed by atoms with Crippen LogP contribution in [-0.4, -0.2) is 13.1 Å². The number of carbonyl (C=O) groups is 1. The summed E-state index contributed by atoms with van der Waals surface area (Å²) in [6, 6.07) is 10.7. The van der Waals surface area contributed by atoms with Gasteiger partial charge in [-0.05, 0) is 61.4 Å². The Morgan fingerprint density at radius 3 is 2.19 bits per heavy atom. The molecule has 0 aliphatic heterocycles. The largest absolute Gasteiger partial charge is 0.457 e. The van der Waals surface area contributed by atoms with Gasteiger partial charge in [0.1, 0.15) is 11.5 Å². The van der Waals surface area contributed by atoms with Crippen LogP contribution >= 0.6 is 11.6 Å². The first-order valence-electron chi connectivity index (χ1n) is 6.53. The molecule has 0 heterocycles. The Morgan fingerprint density at radius 1 is 1.10 bits per heavy atom. The number of hydrogen-bond acceptors (Lipinski definition) is 2. The number of rotatable bonds is 3. The minimum absolute atomic E-state index is 0.250. The molecule has 0 spiro atoms. The molecule has 2 N–H and O–H groups in total. The number of amides is 2. The lowest BCUT2D eigenvalue weighted by Crippen LogP contribution is -2.24. The second kappa shape index (κ2) is 6.50. The summed E-state index contributed by atoms with van der Waals surface area (Å²) in [5.74, 6) is 1.50. The van der Waals surface area contributed by atoms with Gasteiger partial charge in [0, 0.05) is 17.8 Å². The van der Waals surface area contributed by atoms with Crippen molar-refractivity contribution in [2.45, 2.75) is 13.8 Å². The van der Waals surface area contributed by atoms with E-state index in [9.17, 15) is 4.79 Å². The van der Waals surface area contributed by atoms with Crippen LogP contribution in [0, 0.1) is 13.8 Å². The van der Waals surface area contributed by atoms with Gasteiger partial charge in [-0.2, -0.15) is 0 Å². The van der Waals surface area contributed by atoms with Crippen molar-refractivity contribution in [2.75, 3.05) is 12.4 Å². The van der Waals surface area contributed by atoms with Gasteiger partial charge in [-0.25, -0.2) is 4.79 Å². The standard InChI is InChI=1S/C16H17ClN2O2/c1-10-8-13(19-16(20)18-3)9-11(2)15(10)21-14-6-4-12(17)5-7-14/h4-9H,1-3H3,(H2,18,19,20). The summed E-state index contributed by atoms with van der Waals surface area (Å²) in [6.07, 6.45) is 0. The van der Waals surface area contributed by atoms with Crippen LogP contribution in [0.4, 0.5) is 10.5 Å². The van der Waals surface area contributed by atoms with Gasteiger partial charge >= 0.3 is 6.03 Å². The maximum absolute atomic E-state index is 11.3. The molecule has 0 bridgehead atoms. The van der Waals surface area contributed by atoms with E-state index in [0.29, 0.717) is 5.02 Å². The van der Waals surface area contributed by atoms with Crippen LogP contribution in [0.15, 0.2) is 36.4 Å². The molecule has 4 nitrogen and oxygen atoms in total.